The molecule has 1 rings (SSSR count). The summed E-state index contributed by atoms with van der Waals surface area (Å²) in [6.07, 6.45) is 0.481. The lowest BCUT2D eigenvalue weighted by atomic mass is 10.0. The van der Waals surface area contributed by atoms with Crippen molar-refractivity contribution in [2.24, 2.45) is 5.73 Å². The van der Waals surface area contributed by atoms with Crippen LogP contribution >= 0.6 is 0 Å². The van der Waals surface area contributed by atoms with Gasteiger partial charge < -0.3 is 15.7 Å². The lowest BCUT2D eigenvalue weighted by molar-refractivity contribution is -0.136. The summed E-state index contributed by atoms with van der Waals surface area (Å²) in [6.45, 7) is 7.96. The number of carbonyl (C=O) groups is 1. The highest BCUT2D eigenvalue weighted by molar-refractivity contribution is 5.82. The van der Waals surface area contributed by atoms with Crippen LogP contribution in [-0.4, -0.2) is 34.0 Å². The zero-order valence-corrected chi connectivity index (χ0v) is 12.1. The van der Waals surface area contributed by atoms with Crippen molar-refractivity contribution in [2.45, 2.75) is 59.7 Å². The highest BCUT2D eigenvalue weighted by Gasteiger charge is 2.25. The first-order valence-corrected chi connectivity index (χ1v) is 6.68. The Morgan fingerprint density at radius 1 is 1.15 bits per heavy atom. The number of carbonyl (C=O) groups excluding carboxylic acids is 1. The predicted octanol–water partition coefficient (Wildman–Crippen LogP) is 2.54. The maximum absolute atomic E-state index is 12.3. The van der Waals surface area contributed by atoms with Gasteiger partial charge in [0, 0.05) is 12.1 Å². The summed E-state index contributed by atoms with van der Waals surface area (Å²) in [5, 5.41) is 9.23. The lowest BCUT2D eigenvalue weighted by Gasteiger charge is -2.33. The minimum Gasteiger partial charge on any atom is -0.508 e. The molecule has 0 fully saturated rings. The molecule has 0 saturated carbocycles. The van der Waals surface area contributed by atoms with Crippen LogP contribution in [0, 0.1) is 0 Å². The first-order chi connectivity index (χ1) is 8.82. The molecule has 0 bridgehead atoms. The quantitative estimate of drug-likeness (QED) is 0.871. The van der Waals surface area contributed by atoms with Crippen LogP contribution in [0.5, 0.6) is 5.75 Å². The average Bonchev–Trinajstić information content (AvgIpc) is 2.31. The Bertz CT molecular complexity index is 405. The van der Waals surface area contributed by atoms with Crippen LogP contribution in [0.4, 0.5) is 0 Å². The van der Waals surface area contributed by atoms with Gasteiger partial charge in [-0.15, -0.1) is 0 Å². The number of amides is 1. The van der Waals surface area contributed by atoms with Crippen LogP contribution in [0.2, 0.25) is 0 Å². The number of phenols is 1. The predicted molar refractivity (Wildman–Crippen MR) is 83.6 cm³/mol. The van der Waals surface area contributed by atoms with Crippen molar-refractivity contribution in [1.29, 1.82) is 0 Å². The van der Waals surface area contributed by atoms with Gasteiger partial charge in [-0.3, -0.25) is 4.79 Å². The Kier molecular flexibility index (Phi) is 7.29. The largest absolute Gasteiger partial charge is 0.508 e. The summed E-state index contributed by atoms with van der Waals surface area (Å²) in [4.78, 5) is 14.2. The van der Waals surface area contributed by atoms with E-state index in [9.17, 15) is 9.90 Å². The van der Waals surface area contributed by atoms with Gasteiger partial charge in [-0.05, 0) is 51.8 Å². The Morgan fingerprint density at radius 3 is 2.00 bits per heavy atom. The normalized spacial score (nSPS) is 12.2. The molecule has 1 atom stereocenters. The topological polar surface area (TPSA) is 66.6 Å². The summed E-state index contributed by atoms with van der Waals surface area (Å²) < 4.78 is 0. The molecule has 20 heavy (non-hydrogen) atoms. The molecular weight excluding hydrogens is 252 g/mol. The summed E-state index contributed by atoms with van der Waals surface area (Å²) in [6, 6.07) is 6.52. The molecule has 0 saturated heterocycles. The first kappa shape index (κ1) is 18.4. The van der Waals surface area contributed by atoms with Gasteiger partial charge in [-0.2, -0.15) is 0 Å². The summed E-state index contributed by atoms with van der Waals surface area (Å²) in [5.74, 6) is 0.188. The maximum atomic E-state index is 12.3. The standard InChI is InChI=1S/C15H24N2O2.CH4/c1-10(2)17(11(3)4)15(19)14(16)9-12-5-7-13(18)8-6-12;/h5-8,10-11,14,18H,9,16H2,1-4H3;1H4/t14-;/m1./s1. The lowest BCUT2D eigenvalue weighted by Crippen LogP contribution is -2.50. The van der Waals surface area contributed by atoms with Crippen LogP contribution in [0.25, 0.3) is 0 Å². The highest BCUT2D eigenvalue weighted by Crippen LogP contribution is 2.13. The van der Waals surface area contributed by atoms with Crippen LogP contribution in [0.3, 0.4) is 0 Å². The second-order valence-electron chi connectivity index (χ2n) is 5.41. The van der Waals surface area contributed by atoms with Crippen molar-refractivity contribution in [3.63, 3.8) is 0 Å². The number of hydrogen-bond donors (Lipinski definition) is 2. The van der Waals surface area contributed by atoms with Gasteiger partial charge in [0.1, 0.15) is 5.75 Å². The van der Waals surface area contributed by atoms with E-state index in [0.717, 1.165) is 5.56 Å². The number of hydrogen-bond acceptors (Lipinski definition) is 3. The van der Waals surface area contributed by atoms with Crippen molar-refractivity contribution in [2.75, 3.05) is 0 Å². The van der Waals surface area contributed by atoms with E-state index in [0.29, 0.717) is 6.42 Å². The van der Waals surface area contributed by atoms with E-state index in [1.54, 1.807) is 24.3 Å². The van der Waals surface area contributed by atoms with Crippen molar-refractivity contribution < 1.29 is 9.90 Å². The number of phenolic OH excluding ortho intramolecular Hbond substituents is 1. The van der Waals surface area contributed by atoms with E-state index >= 15 is 0 Å². The van der Waals surface area contributed by atoms with E-state index in [2.05, 4.69) is 0 Å². The molecule has 0 spiro atoms. The SMILES string of the molecule is C.CC(C)N(C(=O)[C@H](N)Cc1ccc(O)cc1)C(C)C. The van der Waals surface area contributed by atoms with E-state index in [-0.39, 0.29) is 31.2 Å². The van der Waals surface area contributed by atoms with E-state index in [1.807, 2.05) is 32.6 Å². The molecule has 3 N–H and O–H groups in total. The van der Waals surface area contributed by atoms with Gasteiger partial charge in [0.15, 0.2) is 0 Å². The summed E-state index contributed by atoms with van der Waals surface area (Å²) >= 11 is 0. The second-order valence-corrected chi connectivity index (χ2v) is 5.41. The molecule has 0 aliphatic rings. The number of nitrogens with zero attached hydrogens (tertiary/aromatic N) is 1. The van der Waals surface area contributed by atoms with E-state index < -0.39 is 6.04 Å². The molecule has 0 unspecified atom stereocenters. The van der Waals surface area contributed by atoms with Gasteiger partial charge in [-0.25, -0.2) is 0 Å². The van der Waals surface area contributed by atoms with Gasteiger partial charge in [-0.1, -0.05) is 19.6 Å². The van der Waals surface area contributed by atoms with Crippen molar-refractivity contribution in [1.82, 2.24) is 4.90 Å². The van der Waals surface area contributed by atoms with Crippen molar-refractivity contribution >= 4 is 5.91 Å². The number of benzene rings is 1. The fourth-order valence-electron chi connectivity index (χ4n) is 2.27. The van der Waals surface area contributed by atoms with Crippen LogP contribution in [-0.2, 0) is 11.2 Å². The monoisotopic (exact) mass is 280 g/mol. The zero-order valence-electron chi connectivity index (χ0n) is 12.1. The molecule has 0 heterocycles. The molecule has 0 radical (unpaired) electrons. The average molecular weight is 280 g/mol. The molecule has 1 aromatic rings. The van der Waals surface area contributed by atoms with Gasteiger partial charge in [0.2, 0.25) is 5.91 Å². The minimum atomic E-state index is -0.547. The van der Waals surface area contributed by atoms with Gasteiger partial charge >= 0.3 is 0 Å². The molecule has 0 aromatic heterocycles. The van der Waals surface area contributed by atoms with Crippen LogP contribution in [0.15, 0.2) is 24.3 Å². The molecule has 114 valence electrons. The Labute approximate surface area is 122 Å². The smallest absolute Gasteiger partial charge is 0.240 e. The minimum absolute atomic E-state index is 0. The van der Waals surface area contributed by atoms with Gasteiger partial charge in [0.05, 0.1) is 6.04 Å². The molecule has 4 nitrogen and oxygen atoms in total. The molecule has 1 aromatic carbocycles. The van der Waals surface area contributed by atoms with E-state index in [4.69, 9.17) is 5.73 Å². The highest BCUT2D eigenvalue weighted by atomic mass is 16.3. The first-order valence-electron chi connectivity index (χ1n) is 6.68. The Hall–Kier alpha value is -1.55. The Balaban J connectivity index is 0.00000361. The number of nitrogens with two attached hydrogens (primary N) is 1. The van der Waals surface area contributed by atoms with Crippen LogP contribution in [0.1, 0.15) is 40.7 Å². The molecule has 4 heteroatoms. The second kappa shape index (κ2) is 7.90. The number of rotatable bonds is 5. The molecule has 0 aliphatic carbocycles. The Morgan fingerprint density at radius 2 is 1.60 bits per heavy atom. The summed E-state index contributed by atoms with van der Waals surface area (Å²) in [7, 11) is 0. The maximum Gasteiger partial charge on any atom is 0.240 e. The third kappa shape index (κ3) is 4.85. The van der Waals surface area contributed by atoms with Crippen molar-refractivity contribution in [3.8, 4) is 5.75 Å². The number of aromatic hydroxyl groups is 1. The van der Waals surface area contributed by atoms with Gasteiger partial charge in [0.25, 0.3) is 0 Å². The third-order valence-corrected chi connectivity index (χ3v) is 3.08. The van der Waals surface area contributed by atoms with E-state index in [1.165, 1.54) is 0 Å². The molecular formula is C16H28N2O2. The summed E-state index contributed by atoms with van der Waals surface area (Å²) in [5.41, 5.74) is 6.96. The molecule has 0 aliphatic heterocycles. The fourth-order valence-corrected chi connectivity index (χ4v) is 2.27. The van der Waals surface area contributed by atoms with Crippen molar-refractivity contribution in [3.05, 3.63) is 29.8 Å². The zero-order chi connectivity index (χ0) is 14.6. The third-order valence-electron chi connectivity index (χ3n) is 3.08. The fraction of sp³-hybridized carbons (Fsp3) is 0.562. The molecule has 1 amide bonds. The van der Waals surface area contributed by atoms with Crippen LogP contribution < -0.4 is 5.73 Å².